The highest BCUT2D eigenvalue weighted by atomic mass is 16.5. The highest BCUT2D eigenvalue weighted by Crippen LogP contribution is 2.40. The summed E-state index contributed by atoms with van der Waals surface area (Å²) in [6, 6.07) is 12.3. The van der Waals surface area contributed by atoms with Crippen molar-refractivity contribution in [2.24, 2.45) is 11.8 Å². The summed E-state index contributed by atoms with van der Waals surface area (Å²) in [4.78, 5) is 11.8. The molecule has 1 N–H and O–H groups in total. The predicted octanol–water partition coefficient (Wildman–Crippen LogP) is 4.38. The maximum atomic E-state index is 9.42. The lowest BCUT2D eigenvalue weighted by Crippen LogP contribution is -2.22. The molecule has 2 aliphatic rings. The summed E-state index contributed by atoms with van der Waals surface area (Å²) in [5, 5.41) is 14.0. The fraction of sp³-hybridized carbons (Fsp3) is 0.423. The molecule has 0 saturated carbocycles. The van der Waals surface area contributed by atoms with Crippen LogP contribution in [0.1, 0.15) is 35.5 Å². The monoisotopic (exact) mass is 443 g/mol. The Kier molecular flexibility index (Phi) is 5.55. The maximum absolute atomic E-state index is 9.42. The summed E-state index contributed by atoms with van der Waals surface area (Å²) in [5.41, 5.74) is 4.69. The Balaban J connectivity index is 1.54. The van der Waals surface area contributed by atoms with E-state index in [1.165, 1.54) is 0 Å². The van der Waals surface area contributed by atoms with Crippen molar-refractivity contribution >= 4 is 22.4 Å². The van der Waals surface area contributed by atoms with Crippen molar-refractivity contribution in [2.75, 3.05) is 43.6 Å². The highest BCUT2D eigenvalue weighted by molar-refractivity contribution is 5.94. The molecular formula is C26H29N5O2. The van der Waals surface area contributed by atoms with Crippen LogP contribution in [0, 0.1) is 37.0 Å². The summed E-state index contributed by atoms with van der Waals surface area (Å²) < 4.78 is 11.4. The Morgan fingerprint density at radius 3 is 2.64 bits per heavy atom. The molecule has 0 spiro atoms. The Bertz CT molecular complexity index is 1240. The summed E-state index contributed by atoms with van der Waals surface area (Å²) in [5.74, 6) is 3.47. The van der Waals surface area contributed by atoms with E-state index in [0.29, 0.717) is 23.2 Å². The number of hydrogen-bond donors (Lipinski definition) is 1. The second-order valence-electron chi connectivity index (χ2n) is 9.12. The average Bonchev–Trinajstić information content (AvgIpc) is 3.40. The van der Waals surface area contributed by atoms with Crippen LogP contribution in [0.5, 0.6) is 5.75 Å². The van der Waals surface area contributed by atoms with E-state index < -0.39 is 0 Å². The average molecular weight is 444 g/mol. The number of methoxy groups -OCH3 is 1. The third kappa shape index (κ3) is 3.85. The molecule has 0 aliphatic carbocycles. The van der Waals surface area contributed by atoms with Gasteiger partial charge in [-0.15, -0.1) is 0 Å². The van der Waals surface area contributed by atoms with Crippen LogP contribution in [0.3, 0.4) is 0 Å². The van der Waals surface area contributed by atoms with E-state index in [4.69, 9.17) is 14.5 Å². The number of nitriles is 1. The normalized spacial score (nSPS) is 20.5. The molecule has 7 heteroatoms. The van der Waals surface area contributed by atoms with Crippen LogP contribution in [-0.2, 0) is 4.74 Å². The molecule has 3 atom stereocenters. The smallest absolute Gasteiger partial charge is 0.144 e. The Morgan fingerprint density at radius 1 is 1.18 bits per heavy atom. The van der Waals surface area contributed by atoms with E-state index in [2.05, 4.69) is 40.3 Å². The summed E-state index contributed by atoms with van der Waals surface area (Å²) in [7, 11) is 1.71. The summed E-state index contributed by atoms with van der Waals surface area (Å²) in [6.45, 7) is 9.61. The first-order valence-corrected chi connectivity index (χ1v) is 11.4. The second-order valence-corrected chi connectivity index (χ2v) is 9.12. The molecule has 2 fully saturated rings. The molecule has 33 heavy (non-hydrogen) atoms. The van der Waals surface area contributed by atoms with Crippen LogP contribution < -0.4 is 15.0 Å². The number of benzene rings is 2. The zero-order valence-electron chi connectivity index (χ0n) is 19.6. The molecule has 1 aromatic heterocycles. The molecule has 7 nitrogen and oxygen atoms in total. The fourth-order valence-corrected chi connectivity index (χ4v) is 5.19. The third-order valence-electron chi connectivity index (χ3n) is 7.01. The van der Waals surface area contributed by atoms with E-state index in [-0.39, 0.29) is 6.04 Å². The minimum atomic E-state index is -0.0235. The van der Waals surface area contributed by atoms with Crippen molar-refractivity contribution in [2.45, 2.75) is 26.8 Å². The lowest BCUT2D eigenvalue weighted by Gasteiger charge is -2.24. The van der Waals surface area contributed by atoms with Crippen molar-refractivity contribution in [1.82, 2.24) is 9.97 Å². The van der Waals surface area contributed by atoms with Crippen LogP contribution >= 0.6 is 0 Å². The standard InChI is InChI=1S/C26H29N5O2/c1-15-18(10-27)6-5-7-21(15)16(2)28-26-22-8-24(31-11-19-13-33-14-20(19)12-31)25(32-4)9-23(22)29-17(3)30-26/h5-9,16,19-20H,11-14H2,1-4H3,(H,28,29,30)/t16-,19?,20?/m1/s1. The summed E-state index contributed by atoms with van der Waals surface area (Å²) in [6.07, 6.45) is 0. The molecule has 2 saturated heterocycles. The fourth-order valence-electron chi connectivity index (χ4n) is 5.19. The molecule has 0 radical (unpaired) electrons. The number of rotatable bonds is 5. The van der Waals surface area contributed by atoms with Crippen molar-refractivity contribution in [3.8, 4) is 11.8 Å². The molecule has 5 rings (SSSR count). The SMILES string of the molecule is COc1cc2nc(C)nc(N[C@H](C)c3cccc(C#N)c3C)c2cc1N1CC2COCC2C1. The first-order chi connectivity index (χ1) is 16.0. The van der Waals surface area contributed by atoms with Crippen molar-refractivity contribution in [1.29, 1.82) is 5.26 Å². The van der Waals surface area contributed by atoms with Gasteiger partial charge in [-0.05, 0) is 44.0 Å². The number of nitrogens with zero attached hydrogens (tertiary/aromatic N) is 4. The van der Waals surface area contributed by atoms with E-state index in [1.807, 2.05) is 32.0 Å². The van der Waals surface area contributed by atoms with E-state index in [9.17, 15) is 5.26 Å². The lowest BCUT2D eigenvalue weighted by molar-refractivity contribution is 0.177. The van der Waals surface area contributed by atoms with Gasteiger partial charge in [0.15, 0.2) is 0 Å². The number of nitrogens with one attached hydrogen (secondary N) is 1. The van der Waals surface area contributed by atoms with Gasteiger partial charge in [0.1, 0.15) is 17.4 Å². The van der Waals surface area contributed by atoms with Crippen LogP contribution in [0.15, 0.2) is 30.3 Å². The van der Waals surface area contributed by atoms with Gasteiger partial charge < -0.3 is 19.7 Å². The lowest BCUT2D eigenvalue weighted by atomic mass is 9.98. The van der Waals surface area contributed by atoms with Crippen LogP contribution in [0.4, 0.5) is 11.5 Å². The van der Waals surface area contributed by atoms with Gasteiger partial charge >= 0.3 is 0 Å². The maximum Gasteiger partial charge on any atom is 0.144 e. The Labute approximate surface area is 194 Å². The highest BCUT2D eigenvalue weighted by Gasteiger charge is 2.38. The molecule has 0 amide bonds. The van der Waals surface area contributed by atoms with Gasteiger partial charge in [0.2, 0.25) is 0 Å². The molecular weight excluding hydrogens is 414 g/mol. The van der Waals surface area contributed by atoms with Crippen molar-refractivity contribution in [3.63, 3.8) is 0 Å². The van der Waals surface area contributed by atoms with Crippen molar-refractivity contribution in [3.05, 3.63) is 52.8 Å². The van der Waals surface area contributed by atoms with Crippen molar-refractivity contribution < 1.29 is 9.47 Å². The molecule has 3 heterocycles. The number of aromatic nitrogens is 2. The first-order valence-electron chi connectivity index (χ1n) is 11.4. The van der Waals surface area contributed by atoms with E-state index in [1.54, 1.807) is 7.11 Å². The molecule has 3 aromatic rings. The van der Waals surface area contributed by atoms with Crippen LogP contribution in [0.25, 0.3) is 10.9 Å². The van der Waals surface area contributed by atoms with Gasteiger partial charge in [-0.2, -0.15) is 5.26 Å². The minimum absolute atomic E-state index is 0.0235. The van der Waals surface area contributed by atoms with Crippen LogP contribution in [0.2, 0.25) is 0 Å². The quantitative estimate of drug-likeness (QED) is 0.626. The van der Waals surface area contributed by atoms with Gasteiger partial charge in [0.05, 0.1) is 49.2 Å². The second kappa shape index (κ2) is 8.53. The van der Waals surface area contributed by atoms with E-state index in [0.717, 1.165) is 65.6 Å². The van der Waals surface area contributed by atoms with Gasteiger partial charge in [0, 0.05) is 36.4 Å². The van der Waals surface area contributed by atoms with Gasteiger partial charge in [-0.25, -0.2) is 9.97 Å². The number of anilines is 2. The molecule has 2 aromatic carbocycles. The van der Waals surface area contributed by atoms with Gasteiger partial charge in [-0.3, -0.25) is 0 Å². The largest absolute Gasteiger partial charge is 0.495 e. The molecule has 2 unspecified atom stereocenters. The predicted molar refractivity (Wildman–Crippen MR) is 129 cm³/mol. The first kappa shape index (κ1) is 21.5. The Hall–Kier alpha value is -3.37. The zero-order chi connectivity index (χ0) is 23.1. The minimum Gasteiger partial charge on any atom is -0.495 e. The van der Waals surface area contributed by atoms with Gasteiger partial charge in [0.25, 0.3) is 0 Å². The molecule has 170 valence electrons. The van der Waals surface area contributed by atoms with Gasteiger partial charge in [-0.1, -0.05) is 12.1 Å². The summed E-state index contributed by atoms with van der Waals surface area (Å²) >= 11 is 0. The molecule has 0 bridgehead atoms. The topological polar surface area (TPSA) is 83.3 Å². The zero-order valence-corrected chi connectivity index (χ0v) is 19.6. The number of aryl methyl sites for hydroxylation is 1. The van der Waals surface area contributed by atoms with E-state index >= 15 is 0 Å². The molecule has 2 aliphatic heterocycles. The Morgan fingerprint density at radius 2 is 1.94 bits per heavy atom. The number of ether oxygens (including phenoxy) is 2. The number of fused-ring (bicyclic) bond motifs is 2. The number of hydrogen-bond acceptors (Lipinski definition) is 7. The third-order valence-corrected chi connectivity index (χ3v) is 7.01. The van der Waals surface area contributed by atoms with Crippen LogP contribution in [-0.4, -0.2) is 43.4 Å².